The number of carbonyl (C=O) groups excluding carboxylic acids is 1. The number of hydrogen-bond acceptors (Lipinski definition) is 2. The van der Waals surface area contributed by atoms with Crippen molar-refractivity contribution in [3.63, 3.8) is 0 Å². The van der Waals surface area contributed by atoms with E-state index in [2.05, 4.69) is 15.9 Å². The Morgan fingerprint density at radius 2 is 1.92 bits per heavy atom. The first-order valence-electron chi connectivity index (χ1n) is 4.09. The molecule has 0 bridgehead atoms. The largest absolute Gasteiger partial charge is 0.506 e. The lowest BCUT2D eigenvalue weighted by molar-refractivity contribution is 0.112. The van der Waals surface area contributed by atoms with E-state index < -0.39 is 0 Å². The second-order valence-electron chi connectivity index (χ2n) is 2.30. The third-order valence-corrected chi connectivity index (χ3v) is 1.97. The lowest BCUT2D eigenvalue weighted by atomic mass is 10.1. The van der Waals surface area contributed by atoms with Crippen molar-refractivity contribution in [2.24, 2.45) is 0 Å². The second-order valence-corrected chi connectivity index (χ2v) is 3.16. The smallest absolute Gasteiger partial charge is 0.153 e. The summed E-state index contributed by atoms with van der Waals surface area (Å²) in [5, 5.41) is 9.24. The van der Waals surface area contributed by atoms with Gasteiger partial charge in [0, 0.05) is 0 Å². The lowest BCUT2D eigenvalue weighted by Gasteiger charge is -2.00. The summed E-state index contributed by atoms with van der Waals surface area (Å²) in [4.78, 5) is 10.4. The molecule has 0 aliphatic carbocycles. The molecule has 0 heterocycles. The molecule has 1 N–H and O–H groups in total. The number of aromatic hydroxyl groups is 1. The maximum Gasteiger partial charge on any atom is 0.153 e. The molecular formula is C10H13BrO2. The van der Waals surface area contributed by atoms with Gasteiger partial charge in [0.25, 0.3) is 0 Å². The average molecular weight is 245 g/mol. The molecular weight excluding hydrogens is 232 g/mol. The van der Waals surface area contributed by atoms with Crippen molar-refractivity contribution in [3.8, 4) is 5.75 Å². The minimum absolute atomic E-state index is 0.00519. The maximum absolute atomic E-state index is 10.4. The van der Waals surface area contributed by atoms with E-state index in [0.29, 0.717) is 16.3 Å². The van der Waals surface area contributed by atoms with E-state index in [4.69, 9.17) is 0 Å². The zero-order valence-corrected chi connectivity index (χ0v) is 9.55. The van der Waals surface area contributed by atoms with Crippen LogP contribution in [0.15, 0.2) is 16.6 Å². The molecule has 0 saturated heterocycles. The van der Waals surface area contributed by atoms with E-state index in [0.717, 1.165) is 5.56 Å². The van der Waals surface area contributed by atoms with Gasteiger partial charge in [0.1, 0.15) is 5.75 Å². The Kier molecular flexibility index (Phi) is 5.39. The summed E-state index contributed by atoms with van der Waals surface area (Å²) >= 11 is 3.13. The molecule has 0 aliphatic heterocycles. The van der Waals surface area contributed by atoms with Crippen LogP contribution in [0.5, 0.6) is 5.75 Å². The van der Waals surface area contributed by atoms with E-state index in [1.165, 1.54) is 0 Å². The van der Waals surface area contributed by atoms with Gasteiger partial charge in [-0.15, -0.1) is 0 Å². The van der Waals surface area contributed by atoms with Gasteiger partial charge in [0.15, 0.2) is 6.29 Å². The molecule has 0 amide bonds. The van der Waals surface area contributed by atoms with Gasteiger partial charge in [-0.05, 0) is 40.5 Å². The Labute approximate surface area is 86.7 Å². The van der Waals surface area contributed by atoms with Crippen LogP contribution in [0.4, 0.5) is 0 Å². The number of carbonyl (C=O) groups is 1. The zero-order chi connectivity index (χ0) is 10.4. The highest BCUT2D eigenvalue weighted by Crippen LogP contribution is 2.27. The van der Waals surface area contributed by atoms with Crippen LogP contribution in [0.25, 0.3) is 0 Å². The van der Waals surface area contributed by atoms with E-state index in [-0.39, 0.29) is 5.75 Å². The molecule has 2 nitrogen and oxygen atoms in total. The number of rotatable bonds is 1. The molecule has 13 heavy (non-hydrogen) atoms. The van der Waals surface area contributed by atoms with Gasteiger partial charge in [-0.1, -0.05) is 13.8 Å². The van der Waals surface area contributed by atoms with Crippen LogP contribution in [0.3, 0.4) is 0 Å². The van der Waals surface area contributed by atoms with E-state index in [9.17, 15) is 9.90 Å². The third kappa shape index (κ3) is 3.19. The Morgan fingerprint density at radius 1 is 1.38 bits per heavy atom. The first kappa shape index (κ1) is 12.2. The molecule has 0 unspecified atom stereocenters. The summed E-state index contributed by atoms with van der Waals surface area (Å²) in [6, 6.07) is 3.38. The van der Waals surface area contributed by atoms with Crippen molar-refractivity contribution < 1.29 is 9.90 Å². The standard InChI is InChI=1S/C8H7BrO2.C2H6/c1-5-2-6(4-10)8(11)7(9)3-5;1-2/h2-4,11H,1H3;1-2H3. The van der Waals surface area contributed by atoms with Gasteiger partial charge in [-0.25, -0.2) is 0 Å². The molecule has 0 saturated carbocycles. The van der Waals surface area contributed by atoms with Crippen LogP contribution in [-0.2, 0) is 0 Å². The highest BCUT2D eigenvalue weighted by atomic mass is 79.9. The number of benzene rings is 1. The molecule has 0 spiro atoms. The maximum atomic E-state index is 10.4. The molecule has 0 aliphatic rings. The Bertz CT molecular complexity index is 295. The predicted octanol–water partition coefficient (Wildman–Crippen LogP) is 3.30. The van der Waals surface area contributed by atoms with Crippen molar-refractivity contribution in [1.29, 1.82) is 0 Å². The van der Waals surface area contributed by atoms with Crippen molar-refractivity contribution in [1.82, 2.24) is 0 Å². The van der Waals surface area contributed by atoms with E-state index in [1.807, 2.05) is 20.8 Å². The first-order valence-corrected chi connectivity index (χ1v) is 4.88. The monoisotopic (exact) mass is 244 g/mol. The Morgan fingerprint density at radius 3 is 2.38 bits per heavy atom. The van der Waals surface area contributed by atoms with Gasteiger partial charge in [-0.2, -0.15) is 0 Å². The molecule has 0 fully saturated rings. The van der Waals surface area contributed by atoms with Crippen molar-refractivity contribution in [3.05, 3.63) is 27.7 Å². The number of halogens is 1. The van der Waals surface area contributed by atoms with Gasteiger partial charge < -0.3 is 5.11 Å². The molecule has 0 radical (unpaired) electrons. The van der Waals surface area contributed by atoms with Crippen LogP contribution in [-0.4, -0.2) is 11.4 Å². The highest BCUT2D eigenvalue weighted by Gasteiger charge is 2.04. The van der Waals surface area contributed by atoms with Gasteiger partial charge >= 0.3 is 0 Å². The minimum atomic E-state index is 0.00519. The van der Waals surface area contributed by atoms with Crippen molar-refractivity contribution in [2.75, 3.05) is 0 Å². The topological polar surface area (TPSA) is 37.3 Å². The van der Waals surface area contributed by atoms with Crippen LogP contribution < -0.4 is 0 Å². The van der Waals surface area contributed by atoms with Crippen LogP contribution in [0.2, 0.25) is 0 Å². The SMILES string of the molecule is CC.Cc1cc(Br)c(O)c(C=O)c1. The van der Waals surface area contributed by atoms with Gasteiger partial charge in [0.05, 0.1) is 10.0 Å². The lowest BCUT2D eigenvalue weighted by Crippen LogP contribution is -1.84. The van der Waals surface area contributed by atoms with Crippen LogP contribution >= 0.6 is 15.9 Å². The normalized spacial score (nSPS) is 8.62. The molecule has 3 heteroatoms. The van der Waals surface area contributed by atoms with E-state index >= 15 is 0 Å². The molecule has 0 aromatic heterocycles. The first-order chi connectivity index (χ1) is 6.15. The number of phenolic OH excluding ortho intramolecular Hbond substituents is 1. The summed E-state index contributed by atoms with van der Waals surface area (Å²) in [7, 11) is 0. The fourth-order valence-electron chi connectivity index (χ4n) is 0.851. The second kappa shape index (κ2) is 5.75. The fourth-order valence-corrected chi connectivity index (χ4v) is 1.44. The third-order valence-electron chi connectivity index (χ3n) is 1.36. The van der Waals surface area contributed by atoms with Crippen LogP contribution in [0.1, 0.15) is 29.8 Å². The fraction of sp³-hybridized carbons (Fsp3) is 0.300. The average Bonchev–Trinajstić information content (AvgIpc) is 2.14. The van der Waals surface area contributed by atoms with E-state index in [1.54, 1.807) is 12.1 Å². The summed E-state index contributed by atoms with van der Waals surface area (Å²) in [6.45, 7) is 5.86. The molecule has 72 valence electrons. The Hall–Kier alpha value is -0.830. The summed E-state index contributed by atoms with van der Waals surface area (Å²) in [5.41, 5.74) is 1.26. The van der Waals surface area contributed by atoms with Crippen LogP contribution in [0, 0.1) is 6.92 Å². The number of hydrogen-bond donors (Lipinski definition) is 1. The number of aldehydes is 1. The molecule has 1 aromatic rings. The Balaban J connectivity index is 0.000000671. The van der Waals surface area contributed by atoms with Gasteiger partial charge in [-0.3, -0.25) is 4.79 Å². The molecule has 0 atom stereocenters. The van der Waals surface area contributed by atoms with Gasteiger partial charge in [0.2, 0.25) is 0 Å². The summed E-state index contributed by atoms with van der Waals surface area (Å²) in [5.74, 6) is 0.00519. The molecule has 1 aromatic carbocycles. The minimum Gasteiger partial charge on any atom is -0.506 e. The quantitative estimate of drug-likeness (QED) is 0.770. The summed E-state index contributed by atoms with van der Waals surface area (Å²) < 4.78 is 0.555. The number of phenols is 1. The predicted molar refractivity (Wildman–Crippen MR) is 57.3 cm³/mol. The van der Waals surface area contributed by atoms with Crippen molar-refractivity contribution >= 4 is 22.2 Å². The highest BCUT2D eigenvalue weighted by molar-refractivity contribution is 9.10. The zero-order valence-electron chi connectivity index (χ0n) is 7.97. The van der Waals surface area contributed by atoms with Crippen molar-refractivity contribution in [2.45, 2.75) is 20.8 Å². The summed E-state index contributed by atoms with van der Waals surface area (Å²) in [6.07, 6.45) is 0.632. The number of aryl methyl sites for hydroxylation is 1. The molecule has 1 rings (SSSR count).